The van der Waals surface area contributed by atoms with Gasteiger partial charge in [-0.15, -0.1) is 0 Å². The third-order valence-electron chi connectivity index (χ3n) is 3.31. The van der Waals surface area contributed by atoms with Gasteiger partial charge >= 0.3 is 0 Å². The van der Waals surface area contributed by atoms with Crippen molar-refractivity contribution in [3.63, 3.8) is 0 Å². The van der Waals surface area contributed by atoms with Crippen molar-refractivity contribution in [2.75, 3.05) is 6.54 Å². The Morgan fingerprint density at radius 2 is 2.31 bits per heavy atom. The molecule has 0 bridgehead atoms. The van der Waals surface area contributed by atoms with Gasteiger partial charge in [-0.1, -0.05) is 13.3 Å². The summed E-state index contributed by atoms with van der Waals surface area (Å²) in [6, 6.07) is 1.36. The zero-order valence-corrected chi connectivity index (χ0v) is 9.38. The van der Waals surface area contributed by atoms with Gasteiger partial charge in [-0.3, -0.25) is 9.59 Å². The molecule has 0 aromatic carbocycles. The first-order chi connectivity index (χ1) is 7.61. The van der Waals surface area contributed by atoms with E-state index in [1.807, 2.05) is 0 Å². The average molecular weight is 220 g/mol. The number of H-pyrrole nitrogens is 1. The molecular weight excluding hydrogens is 204 g/mol. The Balaban J connectivity index is 1.98. The van der Waals surface area contributed by atoms with E-state index in [2.05, 4.69) is 17.2 Å². The number of rotatable bonds is 3. The third kappa shape index (κ3) is 2.15. The smallest absolute Gasteiger partial charge is 0.256 e. The van der Waals surface area contributed by atoms with Gasteiger partial charge in [-0.2, -0.15) is 0 Å². The molecule has 2 N–H and O–H groups in total. The molecule has 1 aromatic heterocycles. The Kier molecular flexibility index (Phi) is 2.81. The van der Waals surface area contributed by atoms with E-state index in [4.69, 9.17) is 0 Å². The number of carbonyl (C=O) groups excluding carboxylic acids is 1. The van der Waals surface area contributed by atoms with Crippen molar-refractivity contribution in [1.29, 1.82) is 0 Å². The zero-order chi connectivity index (χ0) is 11.6. The largest absolute Gasteiger partial charge is 0.367 e. The summed E-state index contributed by atoms with van der Waals surface area (Å²) in [5.74, 6) is -0.282. The normalized spacial score (nSPS) is 17.6. The van der Waals surface area contributed by atoms with E-state index < -0.39 is 0 Å². The summed E-state index contributed by atoms with van der Waals surface area (Å²) < 4.78 is 0. The summed E-state index contributed by atoms with van der Waals surface area (Å²) in [7, 11) is 0. The molecule has 16 heavy (non-hydrogen) atoms. The molecule has 0 unspecified atom stereocenters. The first kappa shape index (κ1) is 10.9. The first-order valence-corrected chi connectivity index (χ1v) is 5.56. The predicted octanol–water partition coefficient (Wildman–Crippen LogP) is 1.29. The molecule has 1 fully saturated rings. The molecule has 2 rings (SSSR count). The Labute approximate surface area is 94.1 Å². The minimum Gasteiger partial charge on any atom is -0.367 e. The molecule has 1 aliphatic carbocycles. The number of pyridine rings is 1. The van der Waals surface area contributed by atoms with Gasteiger partial charge in [-0.25, -0.2) is 0 Å². The fourth-order valence-corrected chi connectivity index (χ4v) is 1.94. The zero-order valence-electron chi connectivity index (χ0n) is 9.38. The second-order valence-corrected chi connectivity index (χ2v) is 4.77. The molecular formula is C12H16N2O2. The fraction of sp³-hybridized carbons (Fsp3) is 0.500. The lowest BCUT2D eigenvalue weighted by molar-refractivity contribution is 0.0889. The monoisotopic (exact) mass is 220 g/mol. The number of nitrogens with one attached hydrogen (secondary N) is 2. The number of hydrogen-bond donors (Lipinski definition) is 2. The van der Waals surface area contributed by atoms with Crippen LogP contribution in [0.2, 0.25) is 0 Å². The van der Waals surface area contributed by atoms with E-state index in [1.165, 1.54) is 24.9 Å². The van der Waals surface area contributed by atoms with Gasteiger partial charge in [0.2, 0.25) is 0 Å². The molecule has 4 heteroatoms. The van der Waals surface area contributed by atoms with Crippen LogP contribution in [0.25, 0.3) is 0 Å². The van der Waals surface area contributed by atoms with Gasteiger partial charge in [0.05, 0.1) is 0 Å². The van der Waals surface area contributed by atoms with Crippen LogP contribution in [-0.4, -0.2) is 17.4 Å². The lowest BCUT2D eigenvalue weighted by Crippen LogP contribution is -2.41. The van der Waals surface area contributed by atoms with Crippen LogP contribution in [-0.2, 0) is 0 Å². The van der Waals surface area contributed by atoms with Crippen molar-refractivity contribution in [3.05, 3.63) is 34.2 Å². The first-order valence-electron chi connectivity index (χ1n) is 5.56. The molecule has 0 spiro atoms. The van der Waals surface area contributed by atoms with Crippen LogP contribution in [0.5, 0.6) is 0 Å². The molecule has 0 atom stereocenters. The molecule has 0 aliphatic heterocycles. The van der Waals surface area contributed by atoms with Gasteiger partial charge in [0.25, 0.3) is 5.91 Å². The van der Waals surface area contributed by atoms with Crippen molar-refractivity contribution in [2.45, 2.75) is 26.2 Å². The van der Waals surface area contributed by atoms with E-state index in [1.54, 1.807) is 0 Å². The van der Waals surface area contributed by atoms with Crippen LogP contribution >= 0.6 is 0 Å². The highest BCUT2D eigenvalue weighted by Gasteiger charge is 2.32. The van der Waals surface area contributed by atoms with Gasteiger partial charge in [0.15, 0.2) is 5.43 Å². The second kappa shape index (κ2) is 4.12. The lowest BCUT2D eigenvalue weighted by Gasteiger charge is -2.38. The number of aromatic amines is 1. The summed E-state index contributed by atoms with van der Waals surface area (Å²) in [6.07, 6.45) is 6.50. The van der Waals surface area contributed by atoms with E-state index in [0.717, 1.165) is 12.8 Å². The van der Waals surface area contributed by atoms with Gasteiger partial charge < -0.3 is 10.3 Å². The van der Waals surface area contributed by atoms with E-state index in [9.17, 15) is 9.59 Å². The quantitative estimate of drug-likeness (QED) is 0.806. The summed E-state index contributed by atoms with van der Waals surface area (Å²) >= 11 is 0. The van der Waals surface area contributed by atoms with E-state index in [0.29, 0.717) is 6.54 Å². The Morgan fingerprint density at radius 1 is 1.56 bits per heavy atom. The number of carbonyl (C=O) groups is 1. The highest BCUT2D eigenvalue weighted by molar-refractivity contribution is 5.93. The second-order valence-electron chi connectivity index (χ2n) is 4.77. The van der Waals surface area contributed by atoms with Crippen LogP contribution in [0.1, 0.15) is 36.5 Å². The Morgan fingerprint density at radius 3 is 2.88 bits per heavy atom. The number of hydrogen-bond acceptors (Lipinski definition) is 2. The van der Waals surface area contributed by atoms with Crippen molar-refractivity contribution in [2.24, 2.45) is 5.41 Å². The van der Waals surface area contributed by atoms with Crippen molar-refractivity contribution in [3.8, 4) is 0 Å². The topological polar surface area (TPSA) is 62.0 Å². The molecule has 86 valence electrons. The van der Waals surface area contributed by atoms with E-state index >= 15 is 0 Å². The van der Waals surface area contributed by atoms with Crippen LogP contribution in [0.3, 0.4) is 0 Å². The maximum Gasteiger partial charge on any atom is 0.256 e. The summed E-state index contributed by atoms with van der Waals surface area (Å²) in [6.45, 7) is 2.81. The SMILES string of the molecule is CC1(CNC(=O)c2c[nH]ccc2=O)CCC1. The molecule has 1 aliphatic rings. The van der Waals surface area contributed by atoms with Crippen molar-refractivity contribution < 1.29 is 4.79 Å². The van der Waals surface area contributed by atoms with Crippen molar-refractivity contribution >= 4 is 5.91 Å². The van der Waals surface area contributed by atoms with Gasteiger partial charge in [0.1, 0.15) is 5.56 Å². The molecule has 1 saturated carbocycles. The molecule has 0 saturated heterocycles. The minimum absolute atomic E-state index is 0.186. The number of amides is 1. The summed E-state index contributed by atoms with van der Waals surface area (Å²) in [4.78, 5) is 25.9. The lowest BCUT2D eigenvalue weighted by atomic mass is 9.70. The van der Waals surface area contributed by atoms with Crippen LogP contribution in [0.4, 0.5) is 0 Å². The summed E-state index contributed by atoms with van der Waals surface area (Å²) in [5.41, 5.74) is 0.178. The Hall–Kier alpha value is -1.58. The van der Waals surface area contributed by atoms with Gasteiger partial charge in [-0.05, 0) is 18.3 Å². The van der Waals surface area contributed by atoms with Crippen LogP contribution in [0.15, 0.2) is 23.3 Å². The van der Waals surface area contributed by atoms with E-state index in [-0.39, 0.29) is 22.3 Å². The molecule has 0 radical (unpaired) electrons. The Bertz CT molecular complexity index is 446. The predicted molar refractivity (Wildman–Crippen MR) is 61.4 cm³/mol. The minimum atomic E-state index is -0.282. The summed E-state index contributed by atoms with van der Waals surface area (Å²) in [5, 5.41) is 2.82. The fourth-order valence-electron chi connectivity index (χ4n) is 1.94. The van der Waals surface area contributed by atoms with Crippen LogP contribution in [0, 0.1) is 5.41 Å². The maximum atomic E-state index is 11.7. The molecule has 4 nitrogen and oxygen atoms in total. The standard InChI is InChI=1S/C12H16N2O2/c1-12(4-2-5-12)8-14-11(16)9-7-13-6-3-10(9)15/h3,6-7H,2,4-5,8H2,1H3,(H,13,15)(H,14,16). The average Bonchev–Trinajstić information content (AvgIpc) is 2.24. The van der Waals surface area contributed by atoms with Gasteiger partial charge in [0, 0.05) is 25.0 Å². The third-order valence-corrected chi connectivity index (χ3v) is 3.31. The van der Waals surface area contributed by atoms with Crippen molar-refractivity contribution in [1.82, 2.24) is 10.3 Å². The molecule has 1 amide bonds. The highest BCUT2D eigenvalue weighted by Crippen LogP contribution is 2.39. The molecule has 1 heterocycles. The van der Waals surface area contributed by atoms with Crippen LogP contribution < -0.4 is 10.7 Å². The number of aromatic nitrogens is 1. The molecule has 1 aromatic rings. The highest BCUT2D eigenvalue weighted by atomic mass is 16.2. The maximum absolute atomic E-state index is 11.7.